The lowest BCUT2D eigenvalue weighted by atomic mass is 10.1. The molecule has 1 aromatic rings. The van der Waals surface area contributed by atoms with Crippen LogP contribution < -0.4 is 0 Å². The van der Waals surface area contributed by atoms with E-state index in [4.69, 9.17) is 5.26 Å². The minimum absolute atomic E-state index is 0.0643. The monoisotopic (exact) mass is 265 g/mol. The van der Waals surface area contributed by atoms with Crippen molar-refractivity contribution in [3.8, 4) is 6.07 Å². The number of nitriles is 1. The SMILES string of the molecule is N#CCN1CCN(CC(F)(F)c2ccccc2)CC1. The fraction of sp³-hybridized carbons (Fsp3) is 0.500. The molecule has 0 N–H and O–H groups in total. The highest BCUT2D eigenvalue weighted by Crippen LogP contribution is 2.28. The second-order valence-electron chi connectivity index (χ2n) is 4.78. The summed E-state index contributed by atoms with van der Waals surface area (Å²) < 4.78 is 28.2. The van der Waals surface area contributed by atoms with Crippen molar-refractivity contribution < 1.29 is 8.78 Å². The molecule has 1 saturated heterocycles. The van der Waals surface area contributed by atoms with Gasteiger partial charge in [-0.25, -0.2) is 0 Å². The van der Waals surface area contributed by atoms with E-state index in [1.165, 1.54) is 12.1 Å². The molecular formula is C14H17F2N3. The summed E-state index contributed by atoms with van der Waals surface area (Å²) in [6, 6.07) is 10.0. The van der Waals surface area contributed by atoms with Gasteiger partial charge >= 0.3 is 0 Å². The number of piperazine rings is 1. The van der Waals surface area contributed by atoms with Gasteiger partial charge in [-0.2, -0.15) is 14.0 Å². The van der Waals surface area contributed by atoms with Gasteiger partial charge in [0.25, 0.3) is 5.92 Å². The molecule has 0 amide bonds. The van der Waals surface area contributed by atoms with Crippen LogP contribution in [-0.4, -0.2) is 49.1 Å². The molecule has 0 aromatic heterocycles. The molecule has 1 heterocycles. The minimum Gasteiger partial charge on any atom is -0.295 e. The summed E-state index contributed by atoms with van der Waals surface area (Å²) in [5, 5.41) is 8.59. The van der Waals surface area contributed by atoms with Crippen LogP contribution >= 0.6 is 0 Å². The summed E-state index contributed by atoms with van der Waals surface area (Å²) in [7, 11) is 0. The molecule has 1 fully saturated rings. The maximum atomic E-state index is 14.1. The predicted octanol–water partition coefficient (Wildman–Crippen LogP) is 1.92. The van der Waals surface area contributed by atoms with Crippen LogP contribution in [0.5, 0.6) is 0 Å². The van der Waals surface area contributed by atoms with E-state index in [-0.39, 0.29) is 12.1 Å². The smallest absolute Gasteiger partial charge is 0.285 e. The summed E-state index contributed by atoms with van der Waals surface area (Å²) in [4.78, 5) is 3.75. The molecule has 102 valence electrons. The Hall–Kier alpha value is -1.51. The minimum atomic E-state index is -2.82. The average Bonchev–Trinajstić information content (AvgIpc) is 2.42. The van der Waals surface area contributed by atoms with Gasteiger partial charge in [-0.1, -0.05) is 30.3 Å². The van der Waals surface area contributed by atoms with Crippen LogP contribution in [0.1, 0.15) is 5.56 Å². The van der Waals surface area contributed by atoms with Crippen molar-refractivity contribution in [3.63, 3.8) is 0 Å². The zero-order valence-electron chi connectivity index (χ0n) is 10.7. The van der Waals surface area contributed by atoms with Crippen molar-refractivity contribution in [2.45, 2.75) is 5.92 Å². The van der Waals surface area contributed by atoms with Gasteiger partial charge in [0.1, 0.15) is 0 Å². The molecule has 0 bridgehead atoms. The molecule has 0 atom stereocenters. The Labute approximate surface area is 112 Å². The van der Waals surface area contributed by atoms with E-state index in [1.807, 2.05) is 4.90 Å². The quantitative estimate of drug-likeness (QED) is 0.779. The van der Waals surface area contributed by atoms with E-state index in [0.717, 1.165) is 0 Å². The molecule has 1 aromatic carbocycles. The Morgan fingerprint density at radius 1 is 1.05 bits per heavy atom. The van der Waals surface area contributed by atoms with Crippen LogP contribution in [0.25, 0.3) is 0 Å². The molecule has 1 aliphatic heterocycles. The lowest BCUT2D eigenvalue weighted by Gasteiger charge is -2.35. The highest BCUT2D eigenvalue weighted by Gasteiger charge is 2.34. The van der Waals surface area contributed by atoms with E-state index in [2.05, 4.69) is 6.07 Å². The van der Waals surface area contributed by atoms with Crippen molar-refractivity contribution >= 4 is 0 Å². The number of nitrogens with zero attached hydrogens (tertiary/aromatic N) is 3. The van der Waals surface area contributed by atoms with Crippen LogP contribution in [0, 0.1) is 11.3 Å². The maximum absolute atomic E-state index is 14.1. The third-order valence-electron chi connectivity index (χ3n) is 3.38. The summed E-state index contributed by atoms with van der Waals surface area (Å²) in [6.07, 6.45) is 0. The lowest BCUT2D eigenvalue weighted by molar-refractivity contribution is -0.0465. The zero-order chi connectivity index (χ0) is 13.7. The molecule has 5 heteroatoms. The number of hydrogen-bond donors (Lipinski definition) is 0. The van der Waals surface area contributed by atoms with E-state index in [1.54, 1.807) is 23.1 Å². The normalized spacial score (nSPS) is 18.2. The maximum Gasteiger partial charge on any atom is 0.285 e. The molecule has 1 aliphatic rings. The van der Waals surface area contributed by atoms with Crippen LogP contribution in [0.3, 0.4) is 0 Å². The van der Waals surface area contributed by atoms with Crippen molar-refractivity contribution in [1.29, 1.82) is 5.26 Å². The number of alkyl halides is 2. The summed E-state index contributed by atoms with van der Waals surface area (Å²) >= 11 is 0. The molecule has 0 unspecified atom stereocenters. The number of halogens is 2. The molecule has 0 saturated carbocycles. The Bertz CT molecular complexity index is 434. The molecule has 0 radical (unpaired) electrons. The van der Waals surface area contributed by atoms with Crippen LogP contribution in [0.15, 0.2) is 30.3 Å². The number of hydrogen-bond acceptors (Lipinski definition) is 3. The van der Waals surface area contributed by atoms with Crippen molar-refractivity contribution in [3.05, 3.63) is 35.9 Å². The van der Waals surface area contributed by atoms with Crippen LogP contribution in [0.2, 0.25) is 0 Å². The highest BCUT2D eigenvalue weighted by molar-refractivity contribution is 5.20. The van der Waals surface area contributed by atoms with Crippen LogP contribution in [-0.2, 0) is 5.92 Å². The van der Waals surface area contributed by atoms with E-state index in [0.29, 0.717) is 32.7 Å². The number of benzene rings is 1. The van der Waals surface area contributed by atoms with Gasteiger partial charge in [0.15, 0.2) is 0 Å². The molecule has 0 spiro atoms. The van der Waals surface area contributed by atoms with Gasteiger partial charge in [-0.05, 0) is 0 Å². The summed E-state index contributed by atoms with van der Waals surface area (Å²) in [5.74, 6) is -2.82. The first kappa shape index (κ1) is 13.9. The molecular weight excluding hydrogens is 248 g/mol. The highest BCUT2D eigenvalue weighted by atomic mass is 19.3. The molecule has 2 rings (SSSR count). The van der Waals surface area contributed by atoms with Gasteiger partial charge in [0.2, 0.25) is 0 Å². The van der Waals surface area contributed by atoms with E-state index in [9.17, 15) is 8.78 Å². The van der Waals surface area contributed by atoms with Crippen molar-refractivity contribution in [1.82, 2.24) is 9.80 Å². The van der Waals surface area contributed by atoms with Crippen LogP contribution in [0.4, 0.5) is 8.78 Å². The molecule has 19 heavy (non-hydrogen) atoms. The topological polar surface area (TPSA) is 30.3 Å². The van der Waals surface area contributed by atoms with Crippen molar-refractivity contribution in [2.75, 3.05) is 39.3 Å². The largest absolute Gasteiger partial charge is 0.295 e. The fourth-order valence-corrected chi connectivity index (χ4v) is 2.26. The first-order valence-corrected chi connectivity index (χ1v) is 6.37. The van der Waals surface area contributed by atoms with E-state index >= 15 is 0 Å². The third-order valence-corrected chi connectivity index (χ3v) is 3.38. The number of rotatable bonds is 4. The zero-order valence-corrected chi connectivity index (χ0v) is 10.7. The van der Waals surface area contributed by atoms with Gasteiger partial charge < -0.3 is 0 Å². The molecule has 3 nitrogen and oxygen atoms in total. The van der Waals surface area contributed by atoms with E-state index < -0.39 is 5.92 Å². The predicted molar refractivity (Wildman–Crippen MR) is 68.8 cm³/mol. The van der Waals surface area contributed by atoms with Gasteiger partial charge in [0, 0.05) is 31.7 Å². The van der Waals surface area contributed by atoms with Gasteiger partial charge in [-0.3, -0.25) is 9.80 Å². The average molecular weight is 265 g/mol. The lowest BCUT2D eigenvalue weighted by Crippen LogP contribution is -2.49. The van der Waals surface area contributed by atoms with Crippen molar-refractivity contribution in [2.24, 2.45) is 0 Å². The Balaban J connectivity index is 1.90. The molecule has 0 aliphatic carbocycles. The summed E-state index contributed by atoms with van der Waals surface area (Å²) in [6.45, 7) is 2.66. The second kappa shape index (κ2) is 6.09. The first-order chi connectivity index (χ1) is 9.12. The Morgan fingerprint density at radius 2 is 1.63 bits per heavy atom. The summed E-state index contributed by atoms with van der Waals surface area (Å²) in [5.41, 5.74) is 0.0643. The standard InChI is InChI=1S/C14H17F2N3/c15-14(16,13-4-2-1-3-5-13)12-19-10-8-18(7-6-17)9-11-19/h1-5H,7-12H2. The van der Waals surface area contributed by atoms with Gasteiger partial charge in [0.05, 0.1) is 19.2 Å². The second-order valence-corrected chi connectivity index (χ2v) is 4.78. The Morgan fingerprint density at radius 3 is 2.21 bits per heavy atom. The van der Waals surface area contributed by atoms with Gasteiger partial charge in [-0.15, -0.1) is 0 Å². The Kier molecular flexibility index (Phi) is 4.46. The fourth-order valence-electron chi connectivity index (χ4n) is 2.26. The first-order valence-electron chi connectivity index (χ1n) is 6.37. The third kappa shape index (κ3) is 3.72.